The van der Waals surface area contributed by atoms with Gasteiger partial charge in [0.1, 0.15) is 12.4 Å². The lowest BCUT2D eigenvalue weighted by atomic mass is 10.2. The maximum atomic E-state index is 13.9. The third-order valence-corrected chi connectivity index (χ3v) is 6.02. The lowest BCUT2D eigenvalue weighted by Crippen LogP contribution is -2.20. The van der Waals surface area contributed by atoms with Gasteiger partial charge in [-0.1, -0.05) is 83.9 Å². The van der Waals surface area contributed by atoms with E-state index in [0.29, 0.717) is 27.9 Å². The summed E-state index contributed by atoms with van der Waals surface area (Å²) in [4.78, 5) is 18.0. The standard InChI is InChI=1S/C28H18Cl2FN3O2/c29-22-14-18(15-23(30)26(22)36-17-20-10-4-6-12-24(20)31)16-32-34-27(19-8-2-1-3-9-19)33-25-13-7-5-11-21(25)28(34)35/h1-16H,17H2. The van der Waals surface area contributed by atoms with Crippen molar-refractivity contribution < 1.29 is 9.13 Å². The Bertz CT molecular complexity index is 1630. The van der Waals surface area contributed by atoms with Crippen molar-refractivity contribution in [3.8, 4) is 17.1 Å². The van der Waals surface area contributed by atoms with Crippen LogP contribution in [0.25, 0.3) is 22.3 Å². The lowest BCUT2D eigenvalue weighted by Gasteiger charge is -2.12. The van der Waals surface area contributed by atoms with E-state index in [0.717, 1.165) is 5.56 Å². The van der Waals surface area contributed by atoms with Gasteiger partial charge in [0.2, 0.25) is 0 Å². The summed E-state index contributed by atoms with van der Waals surface area (Å²) in [6.07, 6.45) is 1.47. The molecule has 5 nitrogen and oxygen atoms in total. The Hall–Kier alpha value is -4.00. The summed E-state index contributed by atoms with van der Waals surface area (Å²) in [6, 6.07) is 26.0. The van der Waals surface area contributed by atoms with Gasteiger partial charge >= 0.3 is 0 Å². The smallest absolute Gasteiger partial charge is 0.282 e. The van der Waals surface area contributed by atoms with Gasteiger partial charge in [0, 0.05) is 11.1 Å². The summed E-state index contributed by atoms with van der Waals surface area (Å²) in [5.41, 5.74) is 1.94. The molecule has 1 heterocycles. The predicted molar refractivity (Wildman–Crippen MR) is 142 cm³/mol. The first-order chi connectivity index (χ1) is 17.5. The van der Waals surface area contributed by atoms with Crippen molar-refractivity contribution in [2.45, 2.75) is 6.61 Å². The van der Waals surface area contributed by atoms with Crippen molar-refractivity contribution in [3.63, 3.8) is 0 Å². The highest BCUT2D eigenvalue weighted by atomic mass is 35.5. The molecule has 8 heteroatoms. The molecule has 1 aromatic heterocycles. The molecule has 0 unspecified atom stereocenters. The van der Waals surface area contributed by atoms with Crippen LogP contribution in [0, 0.1) is 5.82 Å². The third kappa shape index (κ3) is 4.87. The maximum absolute atomic E-state index is 13.9. The predicted octanol–water partition coefficient (Wildman–Crippen LogP) is 6.97. The Morgan fingerprint density at radius 3 is 2.33 bits per heavy atom. The van der Waals surface area contributed by atoms with Crippen LogP contribution in [0.1, 0.15) is 11.1 Å². The van der Waals surface area contributed by atoms with Gasteiger partial charge in [-0.05, 0) is 35.9 Å². The van der Waals surface area contributed by atoms with Crippen LogP contribution in [-0.2, 0) is 6.61 Å². The largest absolute Gasteiger partial charge is 0.486 e. The van der Waals surface area contributed by atoms with Gasteiger partial charge in [0.15, 0.2) is 11.6 Å². The van der Waals surface area contributed by atoms with E-state index in [-0.39, 0.29) is 33.8 Å². The Balaban J connectivity index is 1.50. The van der Waals surface area contributed by atoms with Crippen LogP contribution < -0.4 is 10.3 Å². The third-order valence-electron chi connectivity index (χ3n) is 5.46. The molecule has 36 heavy (non-hydrogen) atoms. The fourth-order valence-electron chi connectivity index (χ4n) is 3.69. The van der Waals surface area contributed by atoms with Crippen LogP contribution in [0.4, 0.5) is 4.39 Å². The van der Waals surface area contributed by atoms with Crippen molar-refractivity contribution >= 4 is 40.3 Å². The Labute approximate surface area is 216 Å². The molecule has 5 aromatic rings. The number of hydrogen-bond acceptors (Lipinski definition) is 4. The normalized spacial score (nSPS) is 11.3. The number of benzene rings is 4. The zero-order chi connectivity index (χ0) is 25.1. The molecule has 0 N–H and O–H groups in total. The van der Waals surface area contributed by atoms with E-state index in [1.165, 1.54) is 17.0 Å². The number of halogens is 3. The van der Waals surface area contributed by atoms with E-state index in [2.05, 4.69) is 10.1 Å². The zero-order valence-electron chi connectivity index (χ0n) is 18.7. The fourth-order valence-corrected chi connectivity index (χ4v) is 4.30. The van der Waals surface area contributed by atoms with Crippen LogP contribution in [0.2, 0.25) is 10.0 Å². The quantitative estimate of drug-likeness (QED) is 0.228. The van der Waals surface area contributed by atoms with Crippen molar-refractivity contribution in [2.75, 3.05) is 0 Å². The van der Waals surface area contributed by atoms with E-state index in [1.54, 1.807) is 48.5 Å². The molecular formula is C28H18Cl2FN3O2. The van der Waals surface area contributed by atoms with E-state index in [4.69, 9.17) is 27.9 Å². The molecule has 5 rings (SSSR count). The van der Waals surface area contributed by atoms with Crippen LogP contribution in [0.3, 0.4) is 0 Å². The summed E-state index contributed by atoms with van der Waals surface area (Å²) in [6.45, 7) is -0.0296. The Morgan fingerprint density at radius 2 is 1.58 bits per heavy atom. The first-order valence-electron chi connectivity index (χ1n) is 11.0. The maximum Gasteiger partial charge on any atom is 0.282 e. The molecule has 178 valence electrons. The molecule has 0 radical (unpaired) electrons. The summed E-state index contributed by atoms with van der Waals surface area (Å²) in [5.74, 6) is 0.253. The van der Waals surface area contributed by atoms with Gasteiger partial charge in [-0.15, -0.1) is 0 Å². The van der Waals surface area contributed by atoms with Crippen LogP contribution >= 0.6 is 23.2 Å². The highest BCUT2D eigenvalue weighted by molar-refractivity contribution is 6.37. The van der Waals surface area contributed by atoms with E-state index >= 15 is 0 Å². The number of para-hydroxylation sites is 1. The number of ether oxygens (including phenoxy) is 1. The Kier molecular flexibility index (Phi) is 6.80. The summed E-state index contributed by atoms with van der Waals surface area (Å²) in [7, 11) is 0. The number of hydrogen-bond donors (Lipinski definition) is 0. The SMILES string of the molecule is O=c1c2ccccc2nc(-c2ccccc2)n1N=Cc1cc(Cl)c(OCc2ccccc2F)c(Cl)c1. The molecule has 0 atom stereocenters. The lowest BCUT2D eigenvalue weighted by molar-refractivity contribution is 0.300. The van der Waals surface area contributed by atoms with Crippen LogP contribution in [0.5, 0.6) is 5.75 Å². The second-order valence-corrected chi connectivity index (χ2v) is 8.69. The topological polar surface area (TPSA) is 56.5 Å². The number of aromatic nitrogens is 2. The van der Waals surface area contributed by atoms with Gasteiger partial charge in [0.05, 0.1) is 27.2 Å². The summed E-state index contributed by atoms with van der Waals surface area (Å²) >= 11 is 12.8. The molecular weight excluding hydrogens is 500 g/mol. The van der Waals surface area contributed by atoms with E-state index in [9.17, 15) is 9.18 Å². The second kappa shape index (κ2) is 10.3. The average Bonchev–Trinajstić information content (AvgIpc) is 2.89. The minimum atomic E-state index is -0.378. The molecule has 0 aliphatic rings. The molecule has 4 aromatic carbocycles. The van der Waals surface area contributed by atoms with Gasteiger partial charge in [-0.3, -0.25) is 4.79 Å². The molecule has 0 amide bonds. The van der Waals surface area contributed by atoms with Gasteiger partial charge in [-0.2, -0.15) is 9.78 Å². The zero-order valence-corrected chi connectivity index (χ0v) is 20.2. The first-order valence-corrected chi connectivity index (χ1v) is 11.7. The molecule has 0 aliphatic heterocycles. The van der Waals surface area contributed by atoms with E-state index < -0.39 is 0 Å². The average molecular weight is 518 g/mol. The minimum absolute atomic E-state index is 0.0296. The van der Waals surface area contributed by atoms with E-state index in [1.807, 2.05) is 36.4 Å². The molecule has 0 aliphatic carbocycles. The molecule has 0 spiro atoms. The summed E-state index contributed by atoms with van der Waals surface area (Å²) in [5, 5.41) is 5.33. The Morgan fingerprint density at radius 1 is 0.917 bits per heavy atom. The van der Waals surface area contributed by atoms with Crippen molar-refractivity contribution in [3.05, 3.63) is 128 Å². The van der Waals surface area contributed by atoms with Crippen molar-refractivity contribution in [1.82, 2.24) is 9.66 Å². The number of nitrogens with zero attached hydrogens (tertiary/aromatic N) is 3. The van der Waals surface area contributed by atoms with Crippen LogP contribution in [-0.4, -0.2) is 15.9 Å². The minimum Gasteiger partial charge on any atom is -0.486 e. The molecule has 0 bridgehead atoms. The highest BCUT2D eigenvalue weighted by Crippen LogP contribution is 2.34. The molecule has 0 fully saturated rings. The second-order valence-electron chi connectivity index (χ2n) is 7.87. The fraction of sp³-hybridized carbons (Fsp3) is 0.0357. The number of rotatable bonds is 6. The number of fused-ring (bicyclic) bond motifs is 1. The van der Waals surface area contributed by atoms with Gasteiger partial charge in [-0.25, -0.2) is 9.37 Å². The summed E-state index contributed by atoms with van der Waals surface area (Å²) < 4.78 is 20.8. The monoisotopic (exact) mass is 517 g/mol. The highest BCUT2D eigenvalue weighted by Gasteiger charge is 2.14. The molecule has 0 saturated heterocycles. The van der Waals surface area contributed by atoms with Crippen molar-refractivity contribution in [2.24, 2.45) is 5.10 Å². The van der Waals surface area contributed by atoms with Gasteiger partial charge in [0.25, 0.3) is 5.56 Å². The molecule has 0 saturated carbocycles. The van der Waals surface area contributed by atoms with Crippen molar-refractivity contribution in [1.29, 1.82) is 0 Å². The van der Waals surface area contributed by atoms with Crippen LogP contribution in [0.15, 0.2) is 101 Å². The first kappa shape index (κ1) is 23.7. The van der Waals surface area contributed by atoms with Gasteiger partial charge < -0.3 is 4.74 Å².